The fourth-order valence-electron chi connectivity index (χ4n) is 0.944. The van der Waals surface area contributed by atoms with E-state index in [1.54, 1.807) is 6.08 Å². The van der Waals surface area contributed by atoms with Gasteiger partial charge < -0.3 is 0 Å². The van der Waals surface area contributed by atoms with Crippen LogP contribution in [0.5, 0.6) is 0 Å². The number of unbranched alkanes of at least 4 members (excludes halogenated alkanes) is 3. The van der Waals surface area contributed by atoms with Gasteiger partial charge in [-0.1, -0.05) is 32.3 Å². The van der Waals surface area contributed by atoms with Gasteiger partial charge in [-0.15, -0.1) is 6.58 Å². The average Bonchev–Trinajstić information content (AvgIpc) is 2.13. The van der Waals surface area contributed by atoms with Crippen molar-refractivity contribution in [3.05, 3.63) is 12.7 Å². The van der Waals surface area contributed by atoms with E-state index in [4.69, 9.17) is 4.84 Å². The molecule has 0 aromatic heterocycles. The fourth-order valence-corrected chi connectivity index (χ4v) is 0.944. The highest BCUT2D eigenvalue weighted by atomic mass is 16.6. The van der Waals surface area contributed by atoms with E-state index >= 15 is 0 Å². The zero-order valence-electron chi connectivity index (χ0n) is 8.34. The molecule has 3 nitrogen and oxygen atoms in total. The van der Waals surface area contributed by atoms with Crippen LogP contribution >= 0.6 is 0 Å². The second kappa shape index (κ2) is 9.26. The van der Waals surface area contributed by atoms with Gasteiger partial charge in [-0.05, 0) is 6.42 Å². The van der Waals surface area contributed by atoms with Crippen molar-refractivity contribution in [3.63, 3.8) is 0 Å². The summed E-state index contributed by atoms with van der Waals surface area (Å²) >= 11 is 0. The summed E-state index contributed by atoms with van der Waals surface area (Å²) in [5, 5.41) is 0. The minimum absolute atomic E-state index is 0.0436. The lowest BCUT2D eigenvalue weighted by Gasteiger charge is -2.02. The van der Waals surface area contributed by atoms with Crippen molar-refractivity contribution in [2.75, 3.05) is 6.61 Å². The molecular formula is C10H19NO2. The Morgan fingerprint density at radius 1 is 1.46 bits per heavy atom. The van der Waals surface area contributed by atoms with Crippen LogP contribution in [0.1, 0.15) is 39.0 Å². The van der Waals surface area contributed by atoms with E-state index in [1.165, 1.54) is 12.8 Å². The van der Waals surface area contributed by atoms with Gasteiger partial charge in [0.05, 0.1) is 6.61 Å². The van der Waals surface area contributed by atoms with E-state index in [0.29, 0.717) is 13.0 Å². The lowest BCUT2D eigenvalue weighted by atomic mass is 10.1. The third kappa shape index (κ3) is 9.08. The van der Waals surface area contributed by atoms with Gasteiger partial charge in [0, 0.05) is 6.42 Å². The second-order valence-corrected chi connectivity index (χ2v) is 2.94. The van der Waals surface area contributed by atoms with Gasteiger partial charge in [0.2, 0.25) is 5.91 Å². The van der Waals surface area contributed by atoms with Gasteiger partial charge in [0.1, 0.15) is 0 Å². The number of nitrogens with one attached hydrogen (secondary N) is 1. The Kier molecular flexibility index (Phi) is 8.67. The van der Waals surface area contributed by atoms with Crippen LogP contribution in [0.4, 0.5) is 0 Å². The van der Waals surface area contributed by atoms with E-state index in [0.717, 1.165) is 12.8 Å². The standard InChI is InChI=1S/C10H19NO2/c1-3-5-6-7-8-10(12)11-13-9-4-2/h4H,2-3,5-9H2,1H3,(H,11,12). The molecule has 0 heterocycles. The molecule has 0 aliphatic heterocycles. The molecule has 76 valence electrons. The lowest BCUT2D eigenvalue weighted by Crippen LogP contribution is -2.23. The van der Waals surface area contributed by atoms with Gasteiger partial charge in [0.25, 0.3) is 0 Å². The minimum atomic E-state index is -0.0436. The maximum atomic E-state index is 11.0. The molecule has 3 heteroatoms. The number of hydrogen-bond donors (Lipinski definition) is 1. The molecule has 0 aromatic rings. The zero-order chi connectivity index (χ0) is 9.94. The molecule has 0 fully saturated rings. The predicted molar refractivity (Wildman–Crippen MR) is 53.1 cm³/mol. The van der Waals surface area contributed by atoms with Gasteiger partial charge in [0.15, 0.2) is 0 Å². The summed E-state index contributed by atoms with van der Waals surface area (Å²) in [5.74, 6) is -0.0436. The van der Waals surface area contributed by atoms with Crippen LogP contribution in [0.25, 0.3) is 0 Å². The third-order valence-corrected chi connectivity index (χ3v) is 1.64. The Balaban J connectivity index is 3.15. The summed E-state index contributed by atoms with van der Waals surface area (Å²) in [5.41, 5.74) is 2.35. The van der Waals surface area contributed by atoms with E-state index < -0.39 is 0 Å². The normalized spacial score (nSPS) is 9.62. The number of hydroxylamine groups is 1. The van der Waals surface area contributed by atoms with E-state index in [1.807, 2.05) is 0 Å². The first-order valence-electron chi connectivity index (χ1n) is 4.82. The Morgan fingerprint density at radius 3 is 2.85 bits per heavy atom. The van der Waals surface area contributed by atoms with Crippen molar-refractivity contribution in [1.29, 1.82) is 0 Å². The van der Waals surface area contributed by atoms with Gasteiger partial charge in [-0.3, -0.25) is 9.63 Å². The zero-order valence-corrected chi connectivity index (χ0v) is 8.34. The maximum Gasteiger partial charge on any atom is 0.243 e. The van der Waals surface area contributed by atoms with Crippen LogP contribution in [0.15, 0.2) is 12.7 Å². The summed E-state index contributed by atoms with van der Waals surface area (Å²) in [6, 6.07) is 0. The Bertz CT molecular complexity index is 146. The molecule has 0 bridgehead atoms. The second-order valence-electron chi connectivity index (χ2n) is 2.94. The Hall–Kier alpha value is -0.830. The Morgan fingerprint density at radius 2 is 2.23 bits per heavy atom. The number of rotatable bonds is 8. The summed E-state index contributed by atoms with van der Waals surface area (Å²) < 4.78 is 0. The summed E-state index contributed by atoms with van der Waals surface area (Å²) in [6.45, 7) is 5.98. The molecule has 0 spiro atoms. The molecular weight excluding hydrogens is 166 g/mol. The van der Waals surface area contributed by atoms with Crippen LogP contribution in [-0.4, -0.2) is 12.5 Å². The van der Waals surface area contributed by atoms with Gasteiger partial charge in [-0.25, -0.2) is 5.48 Å². The highest BCUT2D eigenvalue weighted by Crippen LogP contribution is 2.01. The van der Waals surface area contributed by atoms with Crippen LogP contribution < -0.4 is 5.48 Å². The highest BCUT2D eigenvalue weighted by molar-refractivity contribution is 5.74. The third-order valence-electron chi connectivity index (χ3n) is 1.64. The molecule has 0 atom stereocenters. The molecule has 0 unspecified atom stereocenters. The van der Waals surface area contributed by atoms with Crippen molar-refractivity contribution >= 4 is 5.91 Å². The van der Waals surface area contributed by atoms with Gasteiger partial charge >= 0.3 is 0 Å². The molecule has 13 heavy (non-hydrogen) atoms. The van der Waals surface area contributed by atoms with E-state index in [2.05, 4.69) is 19.0 Å². The van der Waals surface area contributed by atoms with Crippen molar-refractivity contribution in [2.24, 2.45) is 0 Å². The lowest BCUT2D eigenvalue weighted by molar-refractivity contribution is -0.132. The Labute approximate surface area is 80.1 Å². The van der Waals surface area contributed by atoms with Crippen LogP contribution in [-0.2, 0) is 9.63 Å². The monoisotopic (exact) mass is 185 g/mol. The highest BCUT2D eigenvalue weighted by Gasteiger charge is 1.98. The largest absolute Gasteiger partial charge is 0.273 e. The van der Waals surface area contributed by atoms with Crippen molar-refractivity contribution in [1.82, 2.24) is 5.48 Å². The first-order chi connectivity index (χ1) is 6.31. The molecule has 0 radical (unpaired) electrons. The minimum Gasteiger partial charge on any atom is -0.273 e. The number of carbonyl (C=O) groups is 1. The SMILES string of the molecule is C=CCONC(=O)CCCCCC. The first-order valence-corrected chi connectivity index (χ1v) is 4.82. The van der Waals surface area contributed by atoms with Crippen LogP contribution in [0.3, 0.4) is 0 Å². The van der Waals surface area contributed by atoms with E-state index in [-0.39, 0.29) is 5.91 Å². The van der Waals surface area contributed by atoms with Gasteiger partial charge in [-0.2, -0.15) is 0 Å². The number of amides is 1. The molecule has 1 N–H and O–H groups in total. The first kappa shape index (κ1) is 12.2. The molecule has 0 aromatic carbocycles. The maximum absolute atomic E-state index is 11.0. The summed E-state index contributed by atoms with van der Waals surface area (Å²) in [4.78, 5) is 15.8. The molecule has 0 saturated carbocycles. The fraction of sp³-hybridized carbons (Fsp3) is 0.700. The predicted octanol–water partition coefficient (Wildman–Crippen LogP) is 2.19. The molecule has 0 saturated heterocycles. The summed E-state index contributed by atoms with van der Waals surface area (Å²) in [7, 11) is 0. The quantitative estimate of drug-likeness (QED) is 0.357. The van der Waals surface area contributed by atoms with Crippen LogP contribution in [0, 0.1) is 0 Å². The smallest absolute Gasteiger partial charge is 0.243 e. The average molecular weight is 185 g/mol. The molecule has 0 aliphatic rings. The molecule has 0 rings (SSSR count). The van der Waals surface area contributed by atoms with E-state index in [9.17, 15) is 4.79 Å². The molecule has 1 amide bonds. The topological polar surface area (TPSA) is 38.3 Å². The number of hydrogen-bond acceptors (Lipinski definition) is 2. The van der Waals surface area contributed by atoms with Crippen molar-refractivity contribution < 1.29 is 9.63 Å². The molecule has 0 aliphatic carbocycles. The van der Waals surface area contributed by atoms with Crippen molar-refractivity contribution in [3.8, 4) is 0 Å². The number of carbonyl (C=O) groups excluding carboxylic acids is 1. The van der Waals surface area contributed by atoms with Crippen molar-refractivity contribution in [2.45, 2.75) is 39.0 Å². The van der Waals surface area contributed by atoms with Crippen LogP contribution in [0.2, 0.25) is 0 Å². The summed E-state index contributed by atoms with van der Waals surface area (Å²) in [6.07, 6.45) is 6.59.